The number of carbonyl (C=O) groups excluding carboxylic acids is 1. The summed E-state index contributed by atoms with van der Waals surface area (Å²) in [7, 11) is 1.80. The van der Waals surface area contributed by atoms with Gasteiger partial charge in [0.1, 0.15) is 6.33 Å². The van der Waals surface area contributed by atoms with Gasteiger partial charge in [-0.2, -0.15) is 5.10 Å². The van der Waals surface area contributed by atoms with E-state index in [4.69, 9.17) is 5.11 Å². The van der Waals surface area contributed by atoms with Gasteiger partial charge in [-0.05, 0) is 19.1 Å². The molecule has 1 amide bonds. The molecule has 0 aliphatic heterocycles. The van der Waals surface area contributed by atoms with Crippen LogP contribution in [-0.2, 0) is 7.05 Å². The molecule has 6 heteroatoms. The Morgan fingerprint density at radius 3 is 2.63 bits per heavy atom. The molecule has 1 aromatic heterocycles. The van der Waals surface area contributed by atoms with Gasteiger partial charge in [0.25, 0.3) is 5.91 Å². The van der Waals surface area contributed by atoms with Crippen LogP contribution in [0.5, 0.6) is 0 Å². The molecule has 0 aliphatic carbocycles. The van der Waals surface area contributed by atoms with Crippen LogP contribution in [0.1, 0.15) is 17.3 Å². The Labute approximate surface area is 111 Å². The molecule has 0 saturated carbocycles. The third-order valence-electron chi connectivity index (χ3n) is 2.56. The van der Waals surface area contributed by atoms with Crippen molar-refractivity contribution in [2.75, 3.05) is 6.54 Å². The Hall–Kier alpha value is -2.21. The first kappa shape index (κ1) is 13.2. The molecule has 6 nitrogen and oxygen atoms in total. The van der Waals surface area contributed by atoms with E-state index in [0.717, 1.165) is 5.56 Å². The molecular formula is C13H16N4O2. The molecule has 0 radical (unpaired) electrons. The summed E-state index contributed by atoms with van der Waals surface area (Å²) >= 11 is 0. The van der Waals surface area contributed by atoms with E-state index >= 15 is 0 Å². The Morgan fingerprint density at radius 1 is 1.42 bits per heavy atom. The molecule has 0 bridgehead atoms. The van der Waals surface area contributed by atoms with Crippen LogP contribution in [0.15, 0.2) is 30.6 Å². The smallest absolute Gasteiger partial charge is 0.251 e. The van der Waals surface area contributed by atoms with Gasteiger partial charge >= 0.3 is 0 Å². The van der Waals surface area contributed by atoms with Gasteiger partial charge in [0, 0.05) is 24.7 Å². The second-order valence-corrected chi connectivity index (χ2v) is 4.38. The number of carbonyl (C=O) groups is 1. The van der Waals surface area contributed by atoms with Crippen molar-refractivity contribution < 1.29 is 9.90 Å². The average molecular weight is 260 g/mol. The summed E-state index contributed by atoms with van der Waals surface area (Å²) in [5, 5.41) is 15.9. The first-order valence-electron chi connectivity index (χ1n) is 5.98. The fraction of sp³-hybridized carbons (Fsp3) is 0.308. The zero-order valence-electron chi connectivity index (χ0n) is 10.9. The Morgan fingerprint density at radius 2 is 2.11 bits per heavy atom. The first-order chi connectivity index (χ1) is 9.06. The quantitative estimate of drug-likeness (QED) is 0.843. The number of aliphatic hydroxyl groups is 1. The van der Waals surface area contributed by atoms with Crippen LogP contribution >= 0.6 is 0 Å². The number of nitrogens with one attached hydrogen (secondary N) is 1. The number of nitrogens with zero attached hydrogens (tertiary/aromatic N) is 3. The van der Waals surface area contributed by atoms with Crippen LogP contribution in [0.2, 0.25) is 0 Å². The minimum Gasteiger partial charge on any atom is -0.392 e. The van der Waals surface area contributed by atoms with Gasteiger partial charge in [0.15, 0.2) is 5.82 Å². The average Bonchev–Trinajstić information content (AvgIpc) is 2.83. The lowest BCUT2D eigenvalue weighted by atomic mass is 10.1. The fourth-order valence-corrected chi connectivity index (χ4v) is 1.58. The molecule has 1 heterocycles. The number of aliphatic hydroxyl groups excluding tert-OH is 1. The fourth-order valence-electron chi connectivity index (χ4n) is 1.58. The number of rotatable bonds is 4. The highest BCUT2D eigenvalue weighted by atomic mass is 16.3. The molecule has 1 atom stereocenters. The summed E-state index contributed by atoms with van der Waals surface area (Å²) in [4.78, 5) is 15.9. The molecule has 1 aromatic carbocycles. The van der Waals surface area contributed by atoms with Crippen molar-refractivity contribution in [1.82, 2.24) is 20.1 Å². The lowest BCUT2D eigenvalue weighted by molar-refractivity contribution is 0.0924. The van der Waals surface area contributed by atoms with Crippen LogP contribution in [0.4, 0.5) is 0 Å². The van der Waals surface area contributed by atoms with Crippen LogP contribution in [0, 0.1) is 0 Å². The molecule has 2 aromatic rings. The van der Waals surface area contributed by atoms with Crippen molar-refractivity contribution in [3.8, 4) is 11.4 Å². The van der Waals surface area contributed by atoms with E-state index < -0.39 is 6.10 Å². The molecule has 0 aliphatic rings. The number of amides is 1. The minimum atomic E-state index is -0.555. The van der Waals surface area contributed by atoms with E-state index in [0.29, 0.717) is 11.4 Å². The van der Waals surface area contributed by atoms with E-state index in [2.05, 4.69) is 15.4 Å². The second kappa shape index (κ2) is 5.62. The number of hydrogen-bond acceptors (Lipinski definition) is 4. The van der Waals surface area contributed by atoms with E-state index in [1.165, 1.54) is 0 Å². The lowest BCUT2D eigenvalue weighted by Crippen LogP contribution is -2.30. The predicted octanol–water partition coefficient (Wildman–Crippen LogP) is 0.593. The van der Waals surface area contributed by atoms with E-state index in [9.17, 15) is 4.79 Å². The van der Waals surface area contributed by atoms with Crippen molar-refractivity contribution in [2.45, 2.75) is 13.0 Å². The second-order valence-electron chi connectivity index (χ2n) is 4.38. The first-order valence-corrected chi connectivity index (χ1v) is 5.98. The van der Waals surface area contributed by atoms with E-state index in [1.54, 1.807) is 49.2 Å². The van der Waals surface area contributed by atoms with Crippen LogP contribution in [0.3, 0.4) is 0 Å². The van der Waals surface area contributed by atoms with Gasteiger partial charge in [-0.1, -0.05) is 12.1 Å². The van der Waals surface area contributed by atoms with E-state index in [-0.39, 0.29) is 12.5 Å². The summed E-state index contributed by atoms with van der Waals surface area (Å²) in [5.74, 6) is 0.417. The van der Waals surface area contributed by atoms with Gasteiger partial charge in [-0.25, -0.2) is 4.98 Å². The number of hydrogen-bond donors (Lipinski definition) is 2. The molecule has 1 unspecified atom stereocenters. The highest BCUT2D eigenvalue weighted by Gasteiger charge is 2.08. The highest BCUT2D eigenvalue weighted by Crippen LogP contribution is 2.14. The molecular weight excluding hydrogens is 244 g/mol. The van der Waals surface area contributed by atoms with Crippen molar-refractivity contribution in [3.63, 3.8) is 0 Å². The Bertz CT molecular complexity index is 560. The maximum Gasteiger partial charge on any atom is 0.251 e. The number of benzene rings is 1. The largest absolute Gasteiger partial charge is 0.392 e. The SMILES string of the molecule is CC(O)CNC(=O)c1ccc(-c2ncn(C)n2)cc1. The summed E-state index contributed by atoms with van der Waals surface area (Å²) in [6.07, 6.45) is 1.07. The zero-order chi connectivity index (χ0) is 13.8. The molecule has 0 spiro atoms. The standard InChI is InChI=1S/C13H16N4O2/c1-9(18)7-14-13(19)11-5-3-10(4-6-11)12-15-8-17(2)16-12/h3-6,8-9,18H,7H2,1-2H3,(H,14,19). The lowest BCUT2D eigenvalue weighted by Gasteiger charge is -2.07. The van der Waals surface area contributed by atoms with Gasteiger partial charge in [-0.3, -0.25) is 9.48 Å². The third kappa shape index (κ3) is 3.38. The van der Waals surface area contributed by atoms with Crippen LogP contribution in [-0.4, -0.2) is 38.4 Å². The highest BCUT2D eigenvalue weighted by molar-refractivity contribution is 5.94. The summed E-state index contributed by atoms with van der Waals surface area (Å²) < 4.78 is 1.62. The Kier molecular flexibility index (Phi) is 3.91. The van der Waals surface area contributed by atoms with Gasteiger partial charge in [0.2, 0.25) is 0 Å². The topological polar surface area (TPSA) is 80.0 Å². The molecule has 0 fully saturated rings. The van der Waals surface area contributed by atoms with Crippen molar-refractivity contribution >= 4 is 5.91 Å². The molecule has 0 saturated heterocycles. The van der Waals surface area contributed by atoms with Crippen LogP contribution in [0.25, 0.3) is 11.4 Å². The maximum absolute atomic E-state index is 11.7. The summed E-state index contributed by atoms with van der Waals surface area (Å²) in [5.41, 5.74) is 1.40. The van der Waals surface area contributed by atoms with Crippen molar-refractivity contribution in [3.05, 3.63) is 36.2 Å². The number of aromatic nitrogens is 3. The van der Waals surface area contributed by atoms with Gasteiger partial charge in [0.05, 0.1) is 6.10 Å². The number of aryl methyl sites for hydroxylation is 1. The summed E-state index contributed by atoms with van der Waals surface area (Å²) in [6, 6.07) is 7.02. The summed E-state index contributed by atoms with van der Waals surface area (Å²) in [6.45, 7) is 1.86. The molecule has 19 heavy (non-hydrogen) atoms. The minimum absolute atomic E-state index is 0.207. The predicted molar refractivity (Wildman–Crippen MR) is 70.5 cm³/mol. The van der Waals surface area contributed by atoms with Crippen LogP contribution < -0.4 is 5.32 Å². The zero-order valence-corrected chi connectivity index (χ0v) is 10.9. The maximum atomic E-state index is 11.7. The van der Waals surface area contributed by atoms with Crippen molar-refractivity contribution in [2.24, 2.45) is 7.05 Å². The van der Waals surface area contributed by atoms with Gasteiger partial charge < -0.3 is 10.4 Å². The molecule has 2 N–H and O–H groups in total. The van der Waals surface area contributed by atoms with Gasteiger partial charge in [-0.15, -0.1) is 0 Å². The third-order valence-corrected chi connectivity index (χ3v) is 2.56. The Balaban J connectivity index is 2.08. The molecule has 100 valence electrons. The molecule has 2 rings (SSSR count). The normalized spacial score (nSPS) is 12.2. The van der Waals surface area contributed by atoms with E-state index in [1.807, 2.05) is 0 Å². The van der Waals surface area contributed by atoms with Crippen molar-refractivity contribution in [1.29, 1.82) is 0 Å². The monoisotopic (exact) mass is 260 g/mol.